The van der Waals surface area contributed by atoms with E-state index in [2.05, 4.69) is 26.8 Å². The fourth-order valence-corrected chi connectivity index (χ4v) is 3.00. The molecular formula is C17H13BrClN3O4. The fraction of sp³-hybridized carbons (Fsp3) is 0.118. The Morgan fingerprint density at radius 1 is 1.19 bits per heavy atom. The van der Waals surface area contributed by atoms with E-state index in [9.17, 15) is 19.5 Å². The molecule has 2 aromatic rings. The summed E-state index contributed by atoms with van der Waals surface area (Å²) in [7, 11) is 0. The van der Waals surface area contributed by atoms with E-state index in [0.717, 1.165) is 4.90 Å². The van der Waals surface area contributed by atoms with Crippen LogP contribution in [0.5, 0.6) is 5.75 Å². The second-order valence-corrected chi connectivity index (χ2v) is 6.91. The first kappa shape index (κ1) is 18.4. The Labute approximate surface area is 162 Å². The van der Waals surface area contributed by atoms with Crippen molar-refractivity contribution in [2.45, 2.75) is 12.5 Å². The minimum absolute atomic E-state index is 0.0261. The Morgan fingerprint density at radius 2 is 1.88 bits per heavy atom. The average molecular weight is 439 g/mol. The van der Waals surface area contributed by atoms with Crippen molar-refractivity contribution in [3.63, 3.8) is 0 Å². The first-order chi connectivity index (χ1) is 12.4. The molecule has 3 amide bonds. The maximum Gasteiger partial charge on any atom is 0.269 e. The summed E-state index contributed by atoms with van der Waals surface area (Å²) in [4.78, 5) is 37.9. The number of imide groups is 1. The fourth-order valence-electron chi connectivity index (χ4n) is 2.52. The molecule has 0 bridgehead atoms. The van der Waals surface area contributed by atoms with Crippen molar-refractivity contribution < 1.29 is 19.5 Å². The molecule has 3 N–H and O–H groups in total. The zero-order chi connectivity index (χ0) is 18.8. The number of hydrogen-bond acceptors (Lipinski definition) is 5. The van der Waals surface area contributed by atoms with Gasteiger partial charge >= 0.3 is 0 Å². The number of phenols is 1. The first-order valence-corrected chi connectivity index (χ1v) is 8.70. The third-order valence-electron chi connectivity index (χ3n) is 3.79. The van der Waals surface area contributed by atoms with Crippen LogP contribution in [-0.4, -0.2) is 28.9 Å². The van der Waals surface area contributed by atoms with E-state index in [-0.39, 0.29) is 17.7 Å². The number of nitrogens with one attached hydrogen (secondary N) is 2. The first-order valence-electron chi connectivity index (χ1n) is 7.53. The van der Waals surface area contributed by atoms with Gasteiger partial charge in [-0.05, 0) is 42.5 Å². The number of phenolic OH excluding ortho intramolecular Hbond substituents is 1. The summed E-state index contributed by atoms with van der Waals surface area (Å²) in [6.45, 7) is 0. The van der Waals surface area contributed by atoms with Gasteiger partial charge in [0.1, 0.15) is 11.8 Å². The Balaban J connectivity index is 1.68. The van der Waals surface area contributed by atoms with Crippen molar-refractivity contribution >= 4 is 50.9 Å². The number of benzene rings is 2. The summed E-state index contributed by atoms with van der Waals surface area (Å²) in [6.07, 6.45) is -0.105. The van der Waals surface area contributed by atoms with Crippen molar-refractivity contribution in [2.24, 2.45) is 0 Å². The predicted molar refractivity (Wildman–Crippen MR) is 98.8 cm³/mol. The molecular weight excluding hydrogens is 426 g/mol. The molecule has 134 valence electrons. The lowest BCUT2D eigenvalue weighted by molar-refractivity contribution is -0.121. The minimum atomic E-state index is -0.906. The summed E-state index contributed by atoms with van der Waals surface area (Å²) >= 11 is 9.03. The molecule has 3 rings (SSSR count). The van der Waals surface area contributed by atoms with Gasteiger partial charge in [0.25, 0.3) is 11.8 Å². The van der Waals surface area contributed by atoms with Crippen LogP contribution in [0.4, 0.5) is 5.69 Å². The summed E-state index contributed by atoms with van der Waals surface area (Å²) < 4.78 is 0.612. The number of hydrazine groups is 1. The molecule has 0 saturated carbocycles. The van der Waals surface area contributed by atoms with Crippen LogP contribution in [0.15, 0.2) is 46.9 Å². The van der Waals surface area contributed by atoms with Gasteiger partial charge in [0.05, 0.1) is 17.7 Å². The van der Waals surface area contributed by atoms with Crippen molar-refractivity contribution in [2.75, 3.05) is 4.90 Å². The topological polar surface area (TPSA) is 98.7 Å². The highest BCUT2D eigenvalue weighted by Gasteiger charge is 2.39. The third kappa shape index (κ3) is 3.72. The van der Waals surface area contributed by atoms with Crippen LogP contribution in [0, 0.1) is 0 Å². The van der Waals surface area contributed by atoms with Gasteiger partial charge in [-0.2, -0.15) is 0 Å². The molecule has 2 aromatic carbocycles. The average Bonchev–Trinajstić information content (AvgIpc) is 2.89. The molecule has 9 heteroatoms. The van der Waals surface area contributed by atoms with Crippen LogP contribution < -0.4 is 15.8 Å². The number of rotatable bonds is 4. The quantitative estimate of drug-likeness (QED) is 0.503. The van der Waals surface area contributed by atoms with Crippen molar-refractivity contribution in [1.29, 1.82) is 0 Å². The summed E-state index contributed by atoms with van der Waals surface area (Å²) in [6, 6.07) is 9.78. The van der Waals surface area contributed by atoms with E-state index >= 15 is 0 Å². The Kier molecular flexibility index (Phi) is 5.26. The van der Waals surface area contributed by atoms with Gasteiger partial charge in [0, 0.05) is 9.50 Å². The molecule has 0 radical (unpaired) electrons. The lowest BCUT2D eigenvalue weighted by atomic mass is 10.2. The number of amides is 3. The number of halogens is 2. The number of aromatic hydroxyl groups is 1. The zero-order valence-electron chi connectivity index (χ0n) is 13.2. The highest BCUT2D eigenvalue weighted by atomic mass is 79.9. The summed E-state index contributed by atoms with van der Waals surface area (Å²) in [5.41, 5.74) is 5.34. The van der Waals surface area contributed by atoms with Gasteiger partial charge in [-0.3, -0.25) is 19.8 Å². The molecule has 1 saturated heterocycles. The monoisotopic (exact) mass is 437 g/mol. The second-order valence-electron chi connectivity index (χ2n) is 5.56. The van der Waals surface area contributed by atoms with Gasteiger partial charge in [-0.25, -0.2) is 10.3 Å². The van der Waals surface area contributed by atoms with E-state index in [1.54, 1.807) is 30.3 Å². The van der Waals surface area contributed by atoms with Gasteiger partial charge in [-0.15, -0.1) is 0 Å². The zero-order valence-corrected chi connectivity index (χ0v) is 15.5. The predicted octanol–water partition coefficient (Wildman–Crippen LogP) is 2.37. The van der Waals surface area contributed by atoms with Crippen molar-refractivity contribution in [3.05, 3.63) is 57.5 Å². The molecule has 1 aliphatic heterocycles. The number of hydrogen-bond donors (Lipinski definition) is 3. The van der Waals surface area contributed by atoms with E-state index in [0.29, 0.717) is 15.2 Å². The van der Waals surface area contributed by atoms with Crippen LogP contribution in [0.2, 0.25) is 5.02 Å². The third-order valence-corrected chi connectivity index (χ3v) is 4.54. The highest BCUT2D eigenvalue weighted by Crippen LogP contribution is 2.25. The number of carbonyl (C=O) groups excluding carboxylic acids is 3. The van der Waals surface area contributed by atoms with Crippen molar-refractivity contribution in [1.82, 2.24) is 10.9 Å². The summed E-state index contributed by atoms with van der Waals surface area (Å²) in [5.74, 6) is -1.72. The summed E-state index contributed by atoms with van der Waals surface area (Å²) in [5, 5.41) is 10.2. The largest absolute Gasteiger partial charge is 0.507 e. The number of nitrogens with zero attached hydrogens (tertiary/aromatic N) is 1. The Bertz CT molecular complexity index is 888. The highest BCUT2D eigenvalue weighted by molar-refractivity contribution is 9.10. The SMILES string of the molecule is O=C(NNC1CC(=O)N(c2ccc(Cl)cc2)C1=O)c1cc(Br)ccc1O. The molecule has 1 fully saturated rings. The molecule has 1 atom stereocenters. The van der Waals surface area contributed by atoms with Crippen LogP contribution in [-0.2, 0) is 9.59 Å². The molecule has 0 aliphatic carbocycles. The van der Waals surface area contributed by atoms with Crippen molar-refractivity contribution in [3.8, 4) is 5.75 Å². The van der Waals surface area contributed by atoms with Crippen LogP contribution in [0.25, 0.3) is 0 Å². The van der Waals surface area contributed by atoms with Crippen LogP contribution >= 0.6 is 27.5 Å². The smallest absolute Gasteiger partial charge is 0.269 e. The maximum absolute atomic E-state index is 12.5. The molecule has 1 aliphatic rings. The van der Waals surface area contributed by atoms with Gasteiger partial charge in [0.15, 0.2) is 0 Å². The van der Waals surface area contributed by atoms with Crippen LogP contribution in [0.3, 0.4) is 0 Å². The minimum Gasteiger partial charge on any atom is -0.507 e. The van der Waals surface area contributed by atoms with E-state index < -0.39 is 23.8 Å². The van der Waals surface area contributed by atoms with E-state index in [1.807, 2.05) is 0 Å². The molecule has 0 aromatic heterocycles. The maximum atomic E-state index is 12.5. The van der Waals surface area contributed by atoms with Gasteiger partial charge in [0.2, 0.25) is 5.91 Å². The lowest BCUT2D eigenvalue weighted by Gasteiger charge is -2.16. The normalized spacial score (nSPS) is 16.8. The second kappa shape index (κ2) is 7.45. The van der Waals surface area contributed by atoms with E-state index in [1.165, 1.54) is 12.1 Å². The lowest BCUT2D eigenvalue weighted by Crippen LogP contribution is -2.48. The van der Waals surface area contributed by atoms with Gasteiger partial charge in [-0.1, -0.05) is 27.5 Å². The molecule has 1 heterocycles. The number of carbonyl (C=O) groups is 3. The molecule has 1 unspecified atom stereocenters. The van der Waals surface area contributed by atoms with Crippen LogP contribution in [0.1, 0.15) is 16.8 Å². The number of anilines is 1. The van der Waals surface area contributed by atoms with E-state index in [4.69, 9.17) is 11.6 Å². The Morgan fingerprint density at radius 3 is 2.58 bits per heavy atom. The molecule has 0 spiro atoms. The Hall–Kier alpha value is -2.42. The molecule has 26 heavy (non-hydrogen) atoms. The van der Waals surface area contributed by atoms with Gasteiger partial charge < -0.3 is 5.11 Å². The molecule has 7 nitrogen and oxygen atoms in total. The standard InChI is InChI=1S/C17H13BrClN3O4/c18-9-1-6-14(23)12(7-9)16(25)21-20-13-8-15(24)22(17(13)26)11-4-2-10(19)3-5-11/h1-7,13,20,23H,8H2,(H,21,25).